The third-order valence-corrected chi connectivity index (χ3v) is 1.33. The van der Waals surface area contributed by atoms with Gasteiger partial charge in [-0.2, -0.15) is 5.06 Å². The van der Waals surface area contributed by atoms with Crippen LogP contribution in [0.15, 0.2) is 12.7 Å². The molecule has 0 aromatic rings. The lowest BCUT2D eigenvalue weighted by molar-refractivity contribution is -0.172. The third-order valence-electron chi connectivity index (χ3n) is 1.33. The van der Waals surface area contributed by atoms with E-state index in [-0.39, 0.29) is 6.54 Å². The summed E-state index contributed by atoms with van der Waals surface area (Å²) < 4.78 is 0. The standard InChI is InChI=1S/C7H11NO5/c1-2-3-8(13)5(7(11)12)4-6(9)10/h2,5,13H,1,3-4H2,(H,9,10)(H,11,12)/t5-/m0/s1. The molecule has 0 aromatic heterocycles. The number of nitrogens with zero attached hydrogens (tertiary/aromatic N) is 1. The number of hydrogen-bond acceptors (Lipinski definition) is 4. The zero-order valence-corrected chi connectivity index (χ0v) is 6.88. The summed E-state index contributed by atoms with van der Waals surface area (Å²) >= 11 is 0. The molecule has 0 aromatic carbocycles. The average molecular weight is 189 g/mol. The van der Waals surface area contributed by atoms with Crippen LogP contribution in [0.3, 0.4) is 0 Å². The van der Waals surface area contributed by atoms with E-state index in [4.69, 9.17) is 15.4 Å². The Hall–Kier alpha value is -1.40. The van der Waals surface area contributed by atoms with Crippen molar-refractivity contribution < 1.29 is 25.0 Å². The molecule has 13 heavy (non-hydrogen) atoms. The van der Waals surface area contributed by atoms with E-state index in [1.165, 1.54) is 6.08 Å². The van der Waals surface area contributed by atoms with E-state index in [1.807, 2.05) is 0 Å². The van der Waals surface area contributed by atoms with E-state index >= 15 is 0 Å². The van der Waals surface area contributed by atoms with Gasteiger partial charge < -0.3 is 15.4 Å². The molecule has 6 nitrogen and oxygen atoms in total. The van der Waals surface area contributed by atoms with E-state index in [1.54, 1.807) is 0 Å². The van der Waals surface area contributed by atoms with Gasteiger partial charge in [-0.15, -0.1) is 6.58 Å². The molecule has 6 heteroatoms. The Morgan fingerprint density at radius 2 is 2.00 bits per heavy atom. The molecule has 0 aliphatic carbocycles. The molecular weight excluding hydrogens is 178 g/mol. The molecule has 3 N–H and O–H groups in total. The van der Waals surface area contributed by atoms with E-state index < -0.39 is 24.4 Å². The lowest BCUT2D eigenvalue weighted by Gasteiger charge is -2.19. The molecule has 0 aliphatic rings. The van der Waals surface area contributed by atoms with Crippen molar-refractivity contribution in [3.8, 4) is 0 Å². The van der Waals surface area contributed by atoms with Gasteiger partial charge in [-0.3, -0.25) is 9.59 Å². The Morgan fingerprint density at radius 1 is 1.46 bits per heavy atom. The first-order valence-corrected chi connectivity index (χ1v) is 3.50. The zero-order valence-electron chi connectivity index (χ0n) is 6.88. The highest BCUT2D eigenvalue weighted by Crippen LogP contribution is 2.01. The van der Waals surface area contributed by atoms with Crippen molar-refractivity contribution in [3.05, 3.63) is 12.7 Å². The first-order valence-electron chi connectivity index (χ1n) is 3.50. The van der Waals surface area contributed by atoms with Gasteiger partial charge in [0.15, 0.2) is 0 Å². The summed E-state index contributed by atoms with van der Waals surface area (Å²) in [5, 5.41) is 26.3. The van der Waals surface area contributed by atoms with Gasteiger partial charge in [0.25, 0.3) is 0 Å². The number of carboxylic acids is 2. The molecule has 0 aliphatic heterocycles. The lowest BCUT2D eigenvalue weighted by Crippen LogP contribution is -2.40. The minimum Gasteiger partial charge on any atom is -0.481 e. The van der Waals surface area contributed by atoms with Crippen LogP contribution in [0.1, 0.15) is 6.42 Å². The SMILES string of the molecule is C=CCN(O)[C@@H](CC(=O)O)C(=O)O. The predicted molar refractivity (Wildman–Crippen MR) is 42.4 cm³/mol. The summed E-state index contributed by atoms with van der Waals surface area (Å²) in [5.41, 5.74) is 0. The van der Waals surface area contributed by atoms with Crippen LogP contribution in [0, 0.1) is 0 Å². The second-order valence-corrected chi connectivity index (χ2v) is 2.36. The maximum absolute atomic E-state index is 10.5. The lowest BCUT2D eigenvalue weighted by atomic mass is 10.2. The van der Waals surface area contributed by atoms with Crippen LogP contribution in [0.5, 0.6) is 0 Å². The average Bonchev–Trinajstić information content (AvgIpc) is 1.99. The fourth-order valence-electron chi connectivity index (χ4n) is 0.745. The second kappa shape index (κ2) is 5.28. The van der Waals surface area contributed by atoms with Gasteiger partial charge in [0, 0.05) is 6.54 Å². The molecule has 0 fully saturated rings. The fourth-order valence-corrected chi connectivity index (χ4v) is 0.745. The van der Waals surface area contributed by atoms with Gasteiger partial charge in [0.1, 0.15) is 6.04 Å². The van der Waals surface area contributed by atoms with Gasteiger partial charge in [-0.05, 0) is 0 Å². The second-order valence-electron chi connectivity index (χ2n) is 2.36. The molecule has 0 radical (unpaired) electrons. The van der Waals surface area contributed by atoms with Crippen LogP contribution >= 0.6 is 0 Å². The van der Waals surface area contributed by atoms with Crippen LogP contribution in [0.4, 0.5) is 0 Å². The Labute approximate surface area is 74.7 Å². The van der Waals surface area contributed by atoms with Gasteiger partial charge in [0.05, 0.1) is 6.42 Å². The van der Waals surface area contributed by atoms with E-state index in [0.29, 0.717) is 5.06 Å². The largest absolute Gasteiger partial charge is 0.481 e. The van der Waals surface area contributed by atoms with Crippen molar-refractivity contribution in [1.29, 1.82) is 0 Å². The van der Waals surface area contributed by atoms with Crippen molar-refractivity contribution in [2.24, 2.45) is 0 Å². The highest BCUT2D eigenvalue weighted by atomic mass is 16.5. The molecule has 74 valence electrons. The molecule has 0 bridgehead atoms. The summed E-state index contributed by atoms with van der Waals surface area (Å²) in [4.78, 5) is 20.6. The number of hydroxylamine groups is 2. The molecule has 0 heterocycles. The molecule has 1 atom stereocenters. The summed E-state index contributed by atoms with van der Waals surface area (Å²) in [6.45, 7) is 3.19. The third kappa shape index (κ3) is 4.24. The molecule has 0 unspecified atom stereocenters. The van der Waals surface area contributed by atoms with Crippen LogP contribution in [-0.4, -0.2) is 45.0 Å². The number of aliphatic carboxylic acids is 2. The van der Waals surface area contributed by atoms with Crippen LogP contribution < -0.4 is 0 Å². The van der Waals surface area contributed by atoms with Crippen LogP contribution in [0.25, 0.3) is 0 Å². The molecule has 0 saturated carbocycles. The smallest absolute Gasteiger partial charge is 0.323 e. The Balaban J connectivity index is 4.31. The minimum absolute atomic E-state index is 0.0930. The number of rotatable bonds is 6. The summed E-state index contributed by atoms with van der Waals surface area (Å²) in [7, 11) is 0. The van der Waals surface area contributed by atoms with Crippen molar-refractivity contribution >= 4 is 11.9 Å². The number of carbonyl (C=O) groups is 2. The Kier molecular flexibility index (Phi) is 4.71. The van der Waals surface area contributed by atoms with Crippen molar-refractivity contribution in [3.63, 3.8) is 0 Å². The number of carboxylic acid groups (broad SMARTS) is 2. The normalized spacial score (nSPS) is 12.5. The topological polar surface area (TPSA) is 98.1 Å². The number of hydrogen-bond donors (Lipinski definition) is 3. The van der Waals surface area contributed by atoms with Crippen molar-refractivity contribution in [2.75, 3.05) is 6.54 Å². The Bertz CT molecular complexity index is 215. The van der Waals surface area contributed by atoms with Crippen molar-refractivity contribution in [1.82, 2.24) is 5.06 Å². The quantitative estimate of drug-likeness (QED) is 0.395. The van der Waals surface area contributed by atoms with E-state index in [9.17, 15) is 9.59 Å². The zero-order chi connectivity index (χ0) is 10.4. The highest BCUT2D eigenvalue weighted by molar-refractivity contribution is 5.80. The van der Waals surface area contributed by atoms with Gasteiger partial charge in [-0.25, -0.2) is 0 Å². The van der Waals surface area contributed by atoms with Crippen LogP contribution in [0.2, 0.25) is 0 Å². The molecule has 0 saturated heterocycles. The minimum atomic E-state index is -1.43. The first kappa shape index (κ1) is 11.6. The molecular formula is C7H11NO5. The fraction of sp³-hybridized carbons (Fsp3) is 0.429. The van der Waals surface area contributed by atoms with Gasteiger partial charge in [0.2, 0.25) is 0 Å². The molecule has 0 amide bonds. The summed E-state index contributed by atoms with van der Waals surface area (Å²) in [6, 6.07) is -1.43. The maximum atomic E-state index is 10.5. The van der Waals surface area contributed by atoms with Crippen LogP contribution in [-0.2, 0) is 9.59 Å². The predicted octanol–water partition coefficient (Wildman–Crippen LogP) is -0.208. The Morgan fingerprint density at radius 3 is 2.31 bits per heavy atom. The van der Waals surface area contributed by atoms with Gasteiger partial charge >= 0.3 is 11.9 Å². The van der Waals surface area contributed by atoms with E-state index in [2.05, 4.69) is 6.58 Å². The van der Waals surface area contributed by atoms with Gasteiger partial charge in [-0.1, -0.05) is 6.08 Å². The summed E-state index contributed by atoms with van der Waals surface area (Å²) in [5.74, 6) is -2.66. The first-order chi connectivity index (χ1) is 5.99. The summed E-state index contributed by atoms with van der Waals surface area (Å²) in [6.07, 6.45) is 0.622. The van der Waals surface area contributed by atoms with E-state index in [0.717, 1.165) is 0 Å². The highest BCUT2D eigenvalue weighted by Gasteiger charge is 2.26. The van der Waals surface area contributed by atoms with Crippen molar-refractivity contribution in [2.45, 2.75) is 12.5 Å². The molecule has 0 rings (SSSR count). The maximum Gasteiger partial charge on any atom is 0.323 e. The molecule has 0 spiro atoms. The monoisotopic (exact) mass is 189 g/mol.